The minimum Gasteiger partial charge on any atom is -0.332 e. The van der Waals surface area contributed by atoms with Gasteiger partial charge in [-0.2, -0.15) is 0 Å². The number of carbonyl (C=O) groups is 1. The molecule has 3 heterocycles. The molecular formula is C10H13N3O3S2. The minimum absolute atomic E-state index is 0.0219. The van der Waals surface area contributed by atoms with E-state index >= 15 is 0 Å². The second kappa shape index (κ2) is 3.67. The molecule has 0 radical (unpaired) electrons. The van der Waals surface area contributed by atoms with E-state index in [0.29, 0.717) is 5.13 Å². The molecule has 0 spiro atoms. The number of aromatic nitrogens is 1. The van der Waals surface area contributed by atoms with E-state index in [4.69, 9.17) is 0 Å². The minimum atomic E-state index is -3.05. The van der Waals surface area contributed by atoms with Gasteiger partial charge in [0.1, 0.15) is 0 Å². The topological polar surface area (TPSA) is 79.4 Å². The van der Waals surface area contributed by atoms with Crippen molar-refractivity contribution in [2.24, 2.45) is 0 Å². The number of amides is 2. The van der Waals surface area contributed by atoms with Gasteiger partial charge in [-0.1, -0.05) is 0 Å². The molecule has 3 rings (SSSR count). The van der Waals surface area contributed by atoms with E-state index in [0.717, 1.165) is 10.6 Å². The molecule has 6 nitrogen and oxygen atoms in total. The number of thiazole rings is 1. The first kappa shape index (κ1) is 11.9. The summed E-state index contributed by atoms with van der Waals surface area (Å²) in [5, 5.41) is 3.31. The second-order valence-electron chi connectivity index (χ2n) is 4.71. The quantitative estimate of drug-likeness (QED) is 0.761. The Bertz CT molecular complexity index is 603. The summed E-state index contributed by atoms with van der Waals surface area (Å²) >= 11 is 1.42. The summed E-state index contributed by atoms with van der Waals surface area (Å²) in [5.74, 6) is 0.0529. The SMILES string of the molecule is Cc1nc(N2C(=O)N[C@H]3CS(=O)(=O)C[C@H]32)sc1C. The van der Waals surface area contributed by atoms with Crippen LogP contribution in [-0.2, 0) is 9.84 Å². The molecule has 1 aromatic heterocycles. The van der Waals surface area contributed by atoms with Crippen molar-refractivity contribution >= 4 is 32.3 Å². The fourth-order valence-corrected chi connectivity index (χ4v) is 5.24. The van der Waals surface area contributed by atoms with Crippen molar-refractivity contribution in [1.82, 2.24) is 10.3 Å². The Kier molecular flexibility index (Phi) is 2.43. The molecular weight excluding hydrogens is 274 g/mol. The molecule has 0 unspecified atom stereocenters. The predicted octanol–water partition coefficient (Wildman–Crippen LogP) is 0.455. The fourth-order valence-electron chi connectivity index (χ4n) is 2.39. The summed E-state index contributed by atoms with van der Waals surface area (Å²) < 4.78 is 23.2. The van der Waals surface area contributed by atoms with Crippen LogP contribution in [0.5, 0.6) is 0 Å². The number of carbonyl (C=O) groups excluding carboxylic acids is 1. The first-order valence-corrected chi connectivity index (χ1v) is 8.25. The lowest BCUT2D eigenvalue weighted by Gasteiger charge is -2.17. The lowest BCUT2D eigenvalue weighted by molar-refractivity contribution is 0.251. The Morgan fingerprint density at radius 3 is 2.72 bits per heavy atom. The standard InChI is InChI=1S/C10H13N3O3S2/c1-5-6(2)17-10(11-5)13-8-4-18(15,16)3-7(8)12-9(13)14/h7-8H,3-4H2,1-2H3,(H,12,14)/t7-,8+/m0/s1. The fraction of sp³-hybridized carbons (Fsp3) is 0.600. The number of urea groups is 1. The van der Waals surface area contributed by atoms with Gasteiger partial charge in [0.15, 0.2) is 15.0 Å². The molecule has 2 amide bonds. The first-order chi connectivity index (χ1) is 8.37. The maximum absolute atomic E-state index is 11.9. The maximum atomic E-state index is 11.9. The summed E-state index contributed by atoms with van der Waals surface area (Å²) in [6, 6.07) is -0.854. The highest BCUT2D eigenvalue weighted by Crippen LogP contribution is 2.33. The van der Waals surface area contributed by atoms with Crippen LogP contribution in [0.15, 0.2) is 0 Å². The van der Waals surface area contributed by atoms with Crippen molar-refractivity contribution in [3.63, 3.8) is 0 Å². The van der Waals surface area contributed by atoms with Gasteiger partial charge >= 0.3 is 6.03 Å². The molecule has 2 saturated heterocycles. The Morgan fingerprint density at radius 2 is 2.11 bits per heavy atom. The van der Waals surface area contributed by atoms with Gasteiger partial charge in [-0.25, -0.2) is 18.2 Å². The number of sulfone groups is 1. The second-order valence-corrected chi connectivity index (χ2v) is 8.04. The largest absolute Gasteiger partial charge is 0.332 e. The van der Waals surface area contributed by atoms with Gasteiger partial charge in [-0.15, -0.1) is 11.3 Å². The normalized spacial score (nSPS) is 29.4. The summed E-state index contributed by atoms with van der Waals surface area (Å²) in [6.45, 7) is 3.82. The van der Waals surface area contributed by atoms with Crippen LogP contribution in [0.3, 0.4) is 0 Å². The average Bonchev–Trinajstić information content (AvgIpc) is 2.77. The number of anilines is 1. The molecule has 18 heavy (non-hydrogen) atoms. The average molecular weight is 287 g/mol. The summed E-state index contributed by atoms with van der Waals surface area (Å²) in [5.41, 5.74) is 0.882. The lowest BCUT2D eigenvalue weighted by atomic mass is 10.2. The Labute approximate surface area is 109 Å². The molecule has 2 aliphatic rings. The molecule has 1 aromatic rings. The molecule has 0 saturated carbocycles. The zero-order valence-corrected chi connectivity index (χ0v) is 11.6. The highest BCUT2D eigenvalue weighted by atomic mass is 32.2. The third-order valence-electron chi connectivity index (χ3n) is 3.41. The molecule has 2 fully saturated rings. The molecule has 98 valence electrons. The van der Waals surface area contributed by atoms with E-state index in [1.807, 2.05) is 13.8 Å². The molecule has 0 aliphatic carbocycles. The van der Waals surface area contributed by atoms with Crippen molar-refractivity contribution in [3.8, 4) is 0 Å². The number of fused-ring (bicyclic) bond motifs is 1. The highest BCUT2D eigenvalue weighted by Gasteiger charge is 2.50. The van der Waals surface area contributed by atoms with Crippen molar-refractivity contribution < 1.29 is 13.2 Å². The molecule has 0 bridgehead atoms. The van der Waals surface area contributed by atoms with Gasteiger partial charge in [0, 0.05) is 4.88 Å². The number of hydrogen-bond donors (Lipinski definition) is 1. The van der Waals surface area contributed by atoms with Crippen molar-refractivity contribution in [1.29, 1.82) is 0 Å². The van der Waals surface area contributed by atoms with Crippen LogP contribution < -0.4 is 10.2 Å². The molecule has 2 aliphatic heterocycles. The molecule has 2 atom stereocenters. The van der Waals surface area contributed by atoms with Gasteiger partial charge < -0.3 is 5.32 Å². The third kappa shape index (κ3) is 1.71. The van der Waals surface area contributed by atoms with Crippen LogP contribution in [0.1, 0.15) is 10.6 Å². The number of rotatable bonds is 1. The Balaban J connectivity index is 1.99. The van der Waals surface area contributed by atoms with Gasteiger partial charge in [0.05, 0.1) is 29.3 Å². The van der Waals surface area contributed by atoms with Gasteiger partial charge in [0.2, 0.25) is 0 Å². The predicted molar refractivity (Wildman–Crippen MR) is 68.8 cm³/mol. The number of nitrogens with one attached hydrogen (secondary N) is 1. The maximum Gasteiger partial charge on any atom is 0.324 e. The van der Waals surface area contributed by atoms with E-state index in [1.54, 1.807) is 0 Å². The van der Waals surface area contributed by atoms with E-state index < -0.39 is 9.84 Å². The van der Waals surface area contributed by atoms with Crippen LogP contribution >= 0.6 is 11.3 Å². The number of hydrogen-bond acceptors (Lipinski definition) is 5. The van der Waals surface area contributed by atoms with E-state index in [-0.39, 0.29) is 29.6 Å². The van der Waals surface area contributed by atoms with Crippen molar-refractivity contribution in [2.45, 2.75) is 25.9 Å². The number of aryl methyl sites for hydroxylation is 2. The van der Waals surface area contributed by atoms with E-state index in [2.05, 4.69) is 10.3 Å². The molecule has 8 heteroatoms. The summed E-state index contributed by atoms with van der Waals surface area (Å²) in [7, 11) is -3.05. The van der Waals surface area contributed by atoms with Crippen LogP contribution in [0, 0.1) is 13.8 Å². The molecule has 0 aromatic carbocycles. The van der Waals surface area contributed by atoms with Gasteiger partial charge in [-0.05, 0) is 13.8 Å². The van der Waals surface area contributed by atoms with Crippen LogP contribution in [-0.4, -0.2) is 43.0 Å². The van der Waals surface area contributed by atoms with Crippen molar-refractivity contribution in [3.05, 3.63) is 10.6 Å². The zero-order valence-electron chi connectivity index (χ0n) is 10.0. The molecule has 1 N–H and O–H groups in total. The van der Waals surface area contributed by atoms with Gasteiger partial charge in [-0.3, -0.25) is 4.90 Å². The van der Waals surface area contributed by atoms with Crippen LogP contribution in [0.2, 0.25) is 0 Å². The lowest BCUT2D eigenvalue weighted by Crippen LogP contribution is -2.36. The van der Waals surface area contributed by atoms with Gasteiger partial charge in [0.25, 0.3) is 0 Å². The summed E-state index contributed by atoms with van der Waals surface area (Å²) in [4.78, 5) is 18.8. The van der Waals surface area contributed by atoms with Crippen LogP contribution in [0.25, 0.3) is 0 Å². The Morgan fingerprint density at radius 1 is 1.39 bits per heavy atom. The monoisotopic (exact) mass is 287 g/mol. The van der Waals surface area contributed by atoms with Crippen LogP contribution in [0.4, 0.5) is 9.93 Å². The summed E-state index contributed by atoms with van der Waals surface area (Å²) in [6.07, 6.45) is 0. The Hall–Kier alpha value is -1.15. The third-order valence-corrected chi connectivity index (χ3v) is 6.19. The number of nitrogens with zero attached hydrogens (tertiary/aromatic N) is 2. The van der Waals surface area contributed by atoms with E-state index in [1.165, 1.54) is 16.2 Å². The van der Waals surface area contributed by atoms with E-state index in [9.17, 15) is 13.2 Å². The highest BCUT2D eigenvalue weighted by molar-refractivity contribution is 7.91. The smallest absolute Gasteiger partial charge is 0.324 e. The zero-order chi connectivity index (χ0) is 13.1. The first-order valence-electron chi connectivity index (χ1n) is 5.61. The van der Waals surface area contributed by atoms with Crippen molar-refractivity contribution in [2.75, 3.05) is 16.4 Å².